The van der Waals surface area contributed by atoms with Crippen molar-refractivity contribution in [3.05, 3.63) is 99.6 Å². The summed E-state index contributed by atoms with van der Waals surface area (Å²) >= 11 is 0. The van der Waals surface area contributed by atoms with Gasteiger partial charge in [-0.05, 0) is 17.9 Å². The molecule has 0 bridgehead atoms. The lowest BCUT2D eigenvalue weighted by Gasteiger charge is -2.28. The van der Waals surface area contributed by atoms with Gasteiger partial charge < -0.3 is 9.47 Å². The van der Waals surface area contributed by atoms with E-state index < -0.39 is 16.8 Å². The first-order valence-electron chi connectivity index (χ1n) is 10.9. The summed E-state index contributed by atoms with van der Waals surface area (Å²) in [5.74, 6) is -0.354. The first-order chi connectivity index (χ1) is 17.0. The second-order valence-electron chi connectivity index (χ2n) is 7.98. The van der Waals surface area contributed by atoms with E-state index in [4.69, 9.17) is 9.47 Å². The van der Waals surface area contributed by atoms with Gasteiger partial charge in [0.05, 0.1) is 17.1 Å². The molecule has 35 heavy (non-hydrogen) atoms. The average Bonchev–Trinajstić information content (AvgIpc) is 3.32. The van der Waals surface area contributed by atoms with Crippen molar-refractivity contribution in [3.8, 4) is 11.6 Å². The van der Waals surface area contributed by atoms with Crippen LogP contribution >= 0.6 is 0 Å². The molecular weight excluding hydrogens is 450 g/mol. The smallest absolute Gasteiger partial charge is 0.378 e. The molecule has 0 fully saturated rings. The molecule has 0 N–H and O–H groups in total. The van der Waals surface area contributed by atoms with Crippen LogP contribution in [0.1, 0.15) is 40.2 Å². The summed E-state index contributed by atoms with van der Waals surface area (Å²) in [6.45, 7) is 1.88. The van der Waals surface area contributed by atoms with Crippen molar-refractivity contribution < 1.29 is 19.2 Å². The predicted molar refractivity (Wildman–Crippen MR) is 125 cm³/mol. The van der Waals surface area contributed by atoms with Gasteiger partial charge in [0.15, 0.2) is 5.65 Å². The van der Waals surface area contributed by atoms with Gasteiger partial charge in [-0.15, -0.1) is 5.10 Å². The molecule has 3 aromatic carbocycles. The Morgan fingerprint density at radius 1 is 1.17 bits per heavy atom. The van der Waals surface area contributed by atoms with Gasteiger partial charge in [0, 0.05) is 29.0 Å². The maximum absolute atomic E-state index is 12.3. The summed E-state index contributed by atoms with van der Waals surface area (Å²) in [6.07, 6.45) is 1.42. The van der Waals surface area contributed by atoms with Crippen LogP contribution in [-0.2, 0) is 4.74 Å². The molecule has 0 spiro atoms. The summed E-state index contributed by atoms with van der Waals surface area (Å²) in [6, 6.07) is 18.2. The lowest BCUT2D eigenvalue weighted by Crippen LogP contribution is -2.15. The van der Waals surface area contributed by atoms with E-state index in [1.807, 2.05) is 42.5 Å². The fourth-order valence-corrected chi connectivity index (χ4v) is 4.49. The van der Waals surface area contributed by atoms with E-state index in [2.05, 4.69) is 15.1 Å². The third-order valence-corrected chi connectivity index (χ3v) is 5.97. The zero-order valence-electron chi connectivity index (χ0n) is 18.4. The molecule has 3 heterocycles. The Morgan fingerprint density at radius 2 is 2.03 bits per heavy atom. The minimum atomic E-state index is -0.653. The number of esters is 1. The molecule has 0 saturated heterocycles. The fraction of sp³-hybridized carbons (Fsp3) is 0.120. The Morgan fingerprint density at radius 3 is 2.86 bits per heavy atom. The van der Waals surface area contributed by atoms with Crippen LogP contribution in [0.3, 0.4) is 0 Å². The second kappa shape index (κ2) is 7.87. The van der Waals surface area contributed by atoms with Crippen LogP contribution in [0.5, 0.6) is 11.6 Å². The number of aromatic nitrogens is 4. The molecule has 2 aromatic heterocycles. The van der Waals surface area contributed by atoms with Gasteiger partial charge in [-0.1, -0.05) is 48.5 Å². The van der Waals surface area contributed by atoms with Gasteiger partial charge in [-0.25, -0.2) is 19.3 Å². The van der Waals surface area contributed by atoms with Gasteiger partial charge in [-0.2, -0.15) is 0 Å². The molecule has 1 atom stereocenters. The van der Waals surface area contributed by atoms with Crippen LogP contribution in [0.4, 0.5) is 5.69 Å². The summed E-state index contributed by atoms with van der Waals surface area (Å²) in [7, 11) is 0. The number of non-ortho nitro benzene ring substituents is 1. The van der Waals surface area contributed by atoms with Crippen molar-refractivity contribution in [2.24, 2.45) is 0 Å². The molecule has 10 nitrogen and oxygen atoms in total. The number of nitro groups is 1. The molecule has 0 saturated carbocycles. The standard InChI is InChI=1S/C25H17N5O5/c1-2-34-25(31)22-27-23-20-19(15-7-5-8-16(12-15)30(32)33)18-11-10-14-6-3-4-9-17(14)21(18)35-24(20)26-13-29(23)28-22/h3-13,19H,2H2,1H3. The first-order valence-corrected chi connectivity index (χ1v) is 10.9. The number of nitrogens with zero attached hydrogens (tertiary/aromatic N) is 5. The Hall–Kier alpha value is -4.86. The maximum atomic E-state index is 12.3. The van der Waals surface area contributed by atoms with Crippen molar-refractivity contribution in [2.45, 2.75) is 12.8 Å². The summed E-state index contributed by atoms with van der Waals surface area (Å²) in [5, 5.41) is 17.6. The van der Waals surface area contributed by atoms with Crippen LogP contribution in [0.2, 0.25) is 0 Å². The topological polar surface area (TPSA) is 122 Å². The highest BCUT2D eigenvalue weighted by Crippen LogP contribution is 2.50. The van der Waals surface area contributed by atoms with E-state index in [-0.39, 0.29) is 18.1 Å². The third-order valence-electron chi connectivity index (χ3n) is 5.97. The molecule has 0 amide bonds. The number of rotatable bonds is 4. The number of carbonyl (C=O) groups is 1. The first kappa shape index (κ1) is 20.7. The Labute approximate surface area is 197 Å². The van der Waals surface area contributed by atoms with Gasteiger partial charge in [0.25, 0.3) is 11.5 Å². The molecule has 1 unspecified atom stereocenters. The number of benzene rings is 3. The normalized spacial score (nSPS) is 14.3. The van der Waals surface area contributed by atoms with Gasteiger partial charge in [0.1, 0.15) is 12.1 Å². The molecule has 1 aliphatic heterocycles. The van der Waals surface area contributed by atoms with E-state index in [9.17, 15) is 14.9 Å². The average molecular weight is 467 g/mol. The van der Waals surface area contributed by atoms with Crippen LogP contribution in [0.25, 0.3) is 16.4 Å². The zero-order chi connectivity index (χ0) is 24.1. The molecule has 0 radical (unpaired) electrons. The van der Waals surface area contributed by atoms with Crippen molar-refractivity contribution in [1.82, 2.24) is 19.6 Å². The summed E-state index contributed by atoms with van der Waals surface area (Å²) in [5.41, 5.74) is 2.34. The second-order valence-corrected chi connectivity index (χ2v) is 7.98. The number of fused-ring (bicyclic) bond motifs is 6. The number of hydrogen-bond donors (Lipinski definition) is 0. The van der Waals surface area contributed by atoms with Crippen molar-refractivity contribution in [1.29, 1.82) is 0 Å². The highest BCUT2D eigenvalue weighted by molar-refractivity contribution is 5.92. The summed E-state index contributed by atoms with van der Waals surface area (Å²) < 4.78 is 12.8. The quantitative estimate of drug-likeness (QED) is 0.209. The third kappa shape index (κ3) is 3.26. The Bertz CT molecular complexity index is 1660. The highest BCUT2D eigenvalue weighted by atomic mass is 16.6. The van der Waals surface area contributed by atoms with Crippen LogP contribution in [0, 0.1) is 10.1 Å². The maximum Gasteiger partial charge on any atom is 0.378 e. The van der Waals surface area contributed by atoms with Gasteiger partial charge >= 0.3 is 5.97 Å². The van der Waals surface area contributed by atoms with E-state index in [0.717, 1.165) is 16.3 Å². The minimum absolute atomic E-state index is 0.0357. The predicted octanol–water partition coefficient (Wildman–Crippen LogP) is 4.65. The molecule has 5 aromatic rings. The number of hydrogen-bond acceptors (Lipinski definition) is 8. The lowest BCUT2D eigenvalue weighted by molar-refractivity contribution is -0.384. The number of nitro benzene ring substituents is 1. The van der Waals surface area contributed by atoms with E-state index in [1.54, 1.807) is 13.0 Å². The number of ether oxygens (including phenoxy) is 2. The number of carbonyl (C=O) groups excluding carboxylic acids is 1. The lowest BCUT2D eigenvalue weighted by atomic mass is 9.82. The Kier molecular flexibility index (Phi) is 4.66. The largest absolute Gasteiger partial charge is 0.460 e. The summed E-state index contributed by atoms with van der Waals surface area (Å²) in [4.78, 5) is 32.3. The van der Waals surface area contributed by atoms with Crippen LogP contribution < -0.4 is 4.74 Å². The monoisotopic (exact) mass is 467 g/mol. The fourth-order valence-electron chi connectivity index (χ4n) is 4.49. The van der Waals surface area contributed by atoms with Gasteiger partial charge in [-0.3, -0.25) is 10.1 Å². The van der Waals surface area contributed by atoms with Gasteiger partial charge in [0.2, 0.25) is 5.88 Å². The molecule has 1 aliphatic rings. The SMILES string of the molecule is CCOC(=O)c1nc2c3c(ncn2n1)Oc1c(ccc2ccccc12)C3c1cccc([N+](=O)[O-])c1. The van der Waals surface area contributed by atoms with E-state index in [0.29, 0.717) is 28.4 Å². The Balaban J connectivity index is 1.65. The van der Waals surface area contributed by atoms with E-state index in [1.165, 1.54) is 23.0 Å². The van der Waals surface area contributed by atoms with Crippen LogP contribution in [-0.4, -0.2) is 37.1 Å². The highest BCUT2D eigenvalue weighted by Gasteiger charge is 2.35. The van der Waals surface area contributed by atoms with Crippen molar-refractivity contribution >= 4 is 28.1 Å². The zero-order valence-corrected chi connectivity index (χ0v) is 18.4. The molecule has 172 valence electrons. The molecule has 10 heteroatoms. The minimum Gasteiger partial charge on any atom is -0.460 e. The van der Waals surface area contributed by atoms with Crippen molar-refractivity contribution in [3.63, 3.8) is 0 Å². The molecular formula is C25H17N5O5. The van der Waals surface area contributed by atoms with Crippen molar-refractivity contribution in [2.75, 3.05) is 6.61 Å². The van der Waals surface area contributed by atoms with E-state index >= 15 is 0 Å². The molecule has 0 aliphatic carbocycles. The molecule has 6 rings (SSSR count). The van der Waals surface area contributed by atoms with Crippen LogP contribution in [0.15, 0.2) is 67.0 Å².